The highest BCUT2D eigenvalue weighted by atomic mass is 16.4. The summed E-state index contributed by atoms with van der Waals surface area (Å²) in [6.07, 6.45) is 3.20. The van der Waals surface area contributed by atoms with Crippen molar-refractivity contribution < 1.29 is 19.8 Å². The zero-order valence-electron chi connectivity index (χ0n) is 10.8. The van der Waals surface area contributed by atoms with Gasteiger partial charge in [-0.3, -0.25) is 9.78 Å². The van der Waals surface area contributed by atoms with Crippen molar-refractivity contribution >= 4 is 18.0 Å². The molecule has 6 heteroatoms. The number of aliphatic carboxylic acids is 1. The zero-order chi connectivity index (χ0) is 14.4. The van der Waals surface area contributed by atoms with Gasteiger partial charge < -0.3 is 15.1 Å². The average Bonchev–Trinajstić information content (AvgIpc) is 2.35. The van der Waals surface area contributed by atoms with Crippen LogP contribution in [0.1, 0.15) is 23.0 Å². The van der Waals surface area contributed by atoms with Crippen LogP contribution < -0.4 is 0 Å². The number of pyridine rings is 1. The second-order valence-corrected chi connectivity index (χ2v) is 4.18. The van der Waals surface area contributed by atoms with Crippen molar-refractivity contribution in [2.24, 2.45) is 0 Å². The molecule has 1 aromatic heterocycles. The van der Waals surface area contributed by atoms with E-state index in [9.17, 15) is 14.7 Å². The number of carbonyl (C=O) groups is 2. The molecule has 0 aliphatic rings. The maximum atomic E-state index is 11.9. The number of hydrogen-bond donors (Lipinski definition) is 2. The lowest BCUT2D eigenvalue weighted by molar-refractivity contribution is -0.131. The lowest BCUT2D eigenvalue weighted by Gasteiger charge is -2.18. The first-order valence-electron chi connectivity index (χ1n) is 5.70. The zero-order valence-corrected chi connectivity index (χ0v) is 10.8. The lowest BCUT2D eigenvalue weighted by atomic mass is 10.2. The van der Waals surface area contributed by atoms with Gasteiger partial charge in [0, 0.05) is 25.9 Å². The van der Waals surface area contributed by atoms with Crippen LogP contribution in [0.2, 0.25) is 0 Å². The highest BCUT2D eigenvalue weighted by molar-refractivity contribution is 5.92. The number of nitrogens with zero attached hydrogens (tertiary/aromatic N) is 2. The Hall–Kier alpha value is -2.21. The van der Waals surface area contributed by atoms with Gasteiger partial charge in [0.25, 0.3) is 5.91 Å². The van der Waals surface area contributed by atoms with Crippen LogP contribution in [0.5, 0.6) is 0 Å². The van der Waals surface area contributed by atoms with Crippen LogP contribution in [0.25, 0.3) is 6.08 Å². The molecule has 6 nitrogen and oxygen atoms in total. The van der Waals surface area contributed by atoms with Gasteiger partial charge in [0.1, 0.15) is 5.69 Å². The van der Waals surface area contributed by atoms with E-state index in [-0.39, 0.29) is 18.1 Å². The fourth-order valence-corrected chi connectivity index (χ4v) is 1.47. The number of carbonyl (C=O) groups excluding carboxylic acids is 1. The molecular weight excluding hydrogens is 248 g/mol. The van der Waals surface area contributed by atoms with Crippen molar-refractivity contribution in [1.29, 1.82) is 0 Å². The summed E-state index contributed by atoms with van der Waals surface area (Å²) in [5.41, 5.74) is 0.841. The van der Waals surface area contributed by atoms with Crippen molar-refractivity contribution in [3.63, 3.8) is 0 Å². The Morgan fingerprint density at radius 3 is 2.63 bits per heavy atom. The van der Waals surface area contributed by atoms with E-state index >= 15 is 0 Å². The smallest absolute Gasteiger partial charge is 0.328 e. The number of rotatable bonds is 5. The third-order valence-corrected chi connectivity index (χ3v) is 2.31. The minimum absolute atomic E-state index is 0.223. The maximum absolute atomic E-state index is 11.9. The molecule has 1 amide bonds. The number of aliphatic hydroxyl groups excluding tert-OH is 1. The van der Waals surface area contributed by atoms with Gasteiger partial charge in [-0.15, -0.1) is 0 Å². The fourth-order valence-electron chi connectivity index (χ4n) is 1.47. The molecule has 0 aliphatic heterocycles. The van der Waals surface area contributed by atoms with Gasteiger partial charge in [-0.05, 0) is 24.6 Å². The molecule has 1 atom stereocenters. The van der Waals surface area contributed by atoms with Crippen molar-refractivity contribution in [2.75, 3.05) is 13.6 Å². The van der Waals surface area contributed by atoms with E-state index in [0.29, 0.717) is 5.56 Å². The maximum Gasteiger partial charge on any atom is 0.328 e. The average molecular weight is 264 g/mol. The molecule has 0 fully saturated rings. The summed E-state index contributed by atoms with van der Waals surface area (Å²) in [5, 5.41) is 17.7. The Morgan fingerprint density at radius 1 is 1.47 bits per heavy atom. The molecule has 0 radical (unpaired) electrons. The second-order valence-electron chi connectivity index (χ2n) is 4.18. The molecule has 0 bridgehead atoms. The van der Waals surface area contributed by atoms with Gasteiger partial charge in [-0.2, -0.15) is 0 Å². The third kappa shape index (κ3) is 4.89. The predicted molar refractivity (Wildman–Crippen MR) is 69.5 cm³/mol. The van der Waals surface area contributed by atoms with E-state index in [4.69, 9.17) is 5.11 Å². The van der Waals surface area contributed by atoms with Gasteiger partial charge >= 0.3 is 5.97 Å². The second kappa shape index (κ2) is 6.65. The first-order chi connectivity index (χ1) is 8.90. The van der Waals surface area contributed by atoms with E-state index in [2.05, 4.69) is 4.98 Å². The van der Waals surface area contributed by atoms with Crippen molar-refractivity contribution in [3.8, 4) is 0 Å². The fraction of sp³-hybridized carbons (Fsp3) is 0.308. The highest BCUT2D eigenvalue weighted by Crippen LogP contribution is 2.05. The standard InChI is InChI=1S/C13H16N2O4/c1-9(16)8-15(2)13(19)11-5-3-10(7-14-11)4-6-12(17)18/h3-7,9,16H,8H2,1-2H3,(H,17,18). The van der Waals surface area contributed by atoms with Crippen LogP contribution in [0.3, 0.4) is 0 Å². The number of amides is 1. The number of hydrogen-bond acceptors (Lipinski definition) is 4. The minimum Gasteiger partial charge on any atom is -0.478 e. The predicted octanol–water partition coefficient (Wildman–Crippen LogP) is 0.632. The van der Waals surface area contributed by atoms with E-state index in [1.807, 2.05) is 0 Å². The Kier molecular flexibility index (Phi) is 5.20. The van der Waals surface area contributed by atoms with Crippen LogP contribution in [0.15, 0.2) is 24.4 Å². The monoisotopic (exact) mass is 264 g/mol. The van der Waals surface area contributed by atoms with Gasteiger partial charge in [0.05, 0.1) is 6.10 Å². The van der Waals surface area contributed by atoms with Gasteiger partial charge in [-0.1, -0.05) is 6.07 Å². The van der Waals surface area contributed by atoms with Crippen molar-refractivity contribution in [2.45, 2.75) is 13.0 Å². The van der Waals surface area contributed by atoms with E-state index in [1.165, 1.54) is 23.2 Å². The first kappa shape index (κ1) is 14.8. The van der Waals surface area contributed by atoms with Gasteiger partial charge in [0.2, 0.25) is 0 Å². The molecule has 2 N–H and O–H groups in total. The molecule has 102 valence electrons. The Morgan fingerprint density at radius 2 is 2.16 bits per heavy atom. The SMILES string of the molecule is CC(O)CN(C)C(=O)c1ccc(C=CC(=O)O)cn1. The normalized spacial score (nSPS) is 12.4. The number of likely N-dealkylation sites (N-methyl/N-ethyl adjacent to an activating group) is 1. The largest absolute Gasteiger partial charge is 0.478 e. The molecule has 1 heterocycles. The molecule has 0 saturated heterocycles. The summed E-state index contributed by atoms with van der Waals surface area (Å²) in [4.78, 5) is 27.6. The Bertz CT molecular complexity index is 480. The third-order valence-electron chi connectivity index (χ3n) is 2.31. The Balaban J connectivity index is 2.75. The quantitative estimate of drug-likeness (QED) is 0.761. The topological polar surface area (TPSA) is 90.7 Å². The van der Waals surface area contributed by atoms with E-state index in [1.54, 1.807) is 20.0 Å². The highest BCUT2D eigenvalue weighted by Gasteiger charge is 2.14. The van der Waals surface area contributed by atoms with Gasteiger partial charge in [-0.25, -0.2) is 4.79 Å². The van der Waals surface area contributed by atoms with Crippen molar-refractivity contribution in [1.82, 2.24) is 9.88 Å². The summed E-state index contributed by atoms with van der Waals surface area (Å²) in [6, 6.07) is 3.12. The van der Waals surface area contributed by atoms with Crippen LogP contribution in [-0.2, 0) is 4.79 Å². The summed E-state index contributed by atoms with van der Waals surface area (Å²) >= 11 is 0. The van der Waals surface area contributed by atoms with Crippen molar-refractivity contribution in [3.05, 3.63) is 35.7 Å². The minimum atomic E-state index is -1.04. The number of aliphatic hydroxyl groups is 1. The summed E-state index contributed by atoms with van der Waals surface area (Å²) in [7, 11) is 1.58. The molecule has 0 aliphatic carbocycles. The van der Waals surface area contributed by atoms with E-state index in [0.717, 1.165) is 6.08 Å². The first-order valence-corrected chi connectivity index (χ1v) is 5.70. The van der Waals surface area contributed by atoms with Crippen LogP contribution in [-0.4, -0.2) is 51.7 Å². The molecule has 19 heavy (non-hydrogen) atoms. The molecule has 1 rings (SSSR count). The molecule has 1 unspecified atom stereocenters. The van der Waals surface area contributed by atoms with E-state index < -0.39 is 12.1 Å². The number of aromatic nitrogens is 1. The number of carboxylic acids is 1. The molecular formula is C13H16N2O4. The van der Waals surface area contributed by atoms with Crippen LogP contribution in [0.4, 0.5) is 0 Å². The number of carboxylic acid groups (broad SMARTS) is 1. The Labute approximate surface area is 111 Å². The summed E-state index contributed by atoms with van der Waals surface area (Å²) < 4.78 is 0. The van der Waals surface area contributed by atoms with Crippen LogP contribution in [0, 0.1) is 0 Å². The molecule has 0 aromatic carbocycles. The van der Waals surface area contributed by atoms with Gasteiger partial charge in [0.15, 0.2) is 0 Å². The molecule has 0 saturated carbocycles. The lowest BCUT2D eigenvalue weighted by Crippen LogP contribution is -2.33. The van der Waals surface area contributed by atoms with Crippen LogP contribution >= 0.6 is 0 Å². The molecule has 0 spiro atoms. The molecule has 1 aromatic rings. The summed E-state index contributed by atoms with van der Waals surface area (Å²) in [5.74, 6) is -1.34. The summed E-state index contributed by atoms with van der Waals surface area (Å²) in [6.45, 7) is 1.82.